The Morgan fingerprint density at radius 3 is 2.50 bits per heavy atom. The van der Waals surface area contributed by atoms with Crippen LogP contribution in [0.1, 0.15) is 26.4 Å². The number of nitrogens with one attached hydrogen (secondary N) is 1. The van der Waals surface area contributed by atoms with Gasteiger partial charge >= 0.3 is 12.1 Å². The number of carbonyl (C=O) groups excluding carboxylic acids is 2. The van der Waals surface area contributed by atoms with E-state index in [-0.39, 0.29) is 22.8 Å². The Morgan fingerprint density at radius 2 is 1.93 bits per heavy atom. The lowest BCUT2D eigenvalue weighted by atomic mass is 10.0. The van der Waals surface area contributed by atoms with Crippen LogP contribution in [0.15, 0.2) is 41.2 Å². The molecule has 0 aliphatic carbocycles. The fourth-order valence-electron chi connectivity index (χ4n) is 2.29. The van der Waals surface area contributed by atoms with Crippen LogP contribution in [0.5, 0.6) is 0 Å². The van der Waals surface area contributed by atoms with Gasteiger partial charge in [0.15, 0.2) is 5.82 Å². The number of esters is 1. The zero-order valence-electron chi connectivity index (χ0n) is 14.1. The molecule has 11 heteroatoms. The molecule has 0 aliphatic rings. The smallest absolute Gasteiger partial charge is 0.417 e. The van der Waals surface area contributed by atoms with E-state index in [1.165, 1.54) is 35.0 Å². The summed E-state index contributed by atoms with van der Waals surface area (Å²) in [6.07, 6.45) is -4.71. The van der Waals surface area contributed by atoms with Crippen LogP contribution in [-0.4, -0.2) is 34.2 Å². The Labute approximate surface area is 160 Å². The summed E-state index contributed by atoms with van der Waals surface area (Å²) in [6.45, 7) is 0. The van der Waals surface area contributed by atoms with Crippen molar-refractivity contribution in [1.82, 2.24) is 15.2 Å². The molecule has 0 aliphatic heterocycles. The molecular weight excluding hydrogens is 397 g/mol. The van der Waals surface area contributed by atoms with Gasteiger partial charge in [-0.05, 0) is 24.3 Å². The Kier molecular flexibility index (Phi) is 5.36. The lowest BCUT2D eigenvalue weighted by Crippen LogP contribution is -2.14. The first-order chi connectivity index (χ1) is 13.3. The van der Waals surface area contributed by atoms with Crippen LogP contribution in [0.4, 0.5) is 19.0 Å². The second-order valence-corrected chi connectivity index (χ2v) is 6.10. The summed E-state index contributed by atoms with van der Waals surface area (Å²) < 4.78 is 43.7. The van der Waals surface area contributed by atoms with Gasteiger partial charge in [0.25, 0.3) is 5.91 Å². The van der Waals surface area contributed by atoms with Crippen molar-refractivity contribution < 1.29 is 27.5 Å². The van der Waals surface area contributed by atoms with Gasteiger partial charge in [0.2, 0.25) is 0 Å². The Morgan fingerprint density at radius 1 is 1.14 bits per heavy atom. The molecule has 0 saturated heterocycles. The van der Waals surface area contributed by atoms with Gasteiger partial charge < -0.3 is 10.1 Å². The quantitative estimate of drug-likeness (QED) is 0.662. The summed E-state index contributed by atoms with van der Waals surface area (Å²) in [5.74, 6) is -1.44. The van der Waals surface area contributed by atoms with E-state index in [2.05, 4.69) is 25.2 Å². The fourth-order valence-corrected chi connectivity index (χ4v) is 2.82. The van der Waals surface area contributed by atoms with Crippen LogP contribution >= 0.6 is 11.3 Å². The van der Waals surface area contributed by atoms with Gasteiger partial charge in [-0.3, -0.25) is 4.79 Å². The third-order valence-electron chi connectivity index (χ3n) is 3.60. The predicted molar refractivity (Wildman–Crippen MR) is 93.9 cm³/mol. The van der Waals surface area contributed by atoms with Crippen LogP contribution in [-0.2, 0) is 10.9 Å². The topological polar surface area (TPSA) is 94.1 Å². The van der Waals surface area contributed by atoms with Crippen LogP contribution < -0.4 is 5.32 Å². The lowest BCUT2D eigenvalue weighted by Gasteiger charge is -2.12. The van der Waals surface area contributed by atoms with E-state index in [0.717, 1.165) is 19.2 Å². The molecule has 2 heterocycles. The molecule has 1 amide bonds. The van der Waals surface area contributed by atoms with Crippen molar-refractivity contribution in [3.8, 4) is 11.3 Å². The number of methoxy groups -OCH3 is 1. The summed E-state index contributed by atoms with van der Waals surface area (Å²) in [4.78, 5) is 27.5. The minimum Gasteiger partial charge on any atom is -0.465 e. The van der Waals surface area contributed by atoms with Crippen molar-refractivity contribution >= 4 is 29.0 Å². The molecule has 7 nitrogen and oxygen atoms in total. The third-order valence-corrected chi connectivity index (χ3v) is 4.18. The minimum absolute atomic E-state index is 0.141. The molecular formula is C17H11F3N4O3S. The first-order valence-electron chi connectivity index (χ1n) is 7.63. The number of alkyl halides is 3. The van der Waals surface area contributed by atoms with Gasteiger partial charge in [0, 0.05) is 10.9 Å². The first kappa shape index (κ1) is 19.4. The van der Waals surface area contributed by atoms with Crippen molar-refractivity contribution in [2.45, 2.75) is 6.18 Å². The van der Waals surface area contributed by atoms with Crippen molar-refractivity contribution in [3.05, 3.63) is 58.0 Å². The van der Waals surface area contributed by atoms with Gasteiger partial charge in [-0.2, -0.15) is 13.2 Å². The number of hydrogen-bond acceptors (Lipinski definition) is 7. The molecule has 0 fully saturated rings. The van der Waals surface area contributed by atoms with Gasteiger partial charge in [0.05, 0.1) is 29.4 Å². The molecule has 0 spiro atoms. The molecule has 1 N–H and O–H groups in total. The standard InChI is InChI=1S/C17H11F3N4O3S/c1-27-16(26)10-6-9(2-3-11(10)17(18,19)20)12-4-5-14(24-23-12)22-15(25)13-7-28-8-21-13/h2-8H,1H3,(H,22,24,25). The molecule has 0 atom stereocenters. The maximum absolute atomic E-state index is 13.1. The molecule has 28 heavy (non-hydrogen) atoms. The van der Waals surface area contributed by atoms with Gasteiger partial charge in [0.1, 0.15) is 5.69 Å². The van der Waals surface area contributed by atoms with Gasteiger partial charge in [-0.25, -0.2) is 9.78 Å². The monoisotopic (exact) mass is 408 g/mol. The highest BCUT2D eigenvalue weighted by Gasteiger charge is 2.35. The maximum atomic E-state index is 13.1. The Balaban J connectivity index is 1.87. The number of aromatic nitrogens is 3. The van der Waals surface area contributed by atoms with Gasteiger partial charge in [-0.1, -0.05) is 6.07 Å². The Hall–Kier alpha value is -3.34. The summed E-state index contributed by atoms with van der Waals surface area (Å²) in [5.41, 5.74) is 0.441. The number of hydrogen-bond donors (Lipinski definition) is 1. The molecule has 0 unspecified atom stereocenters. The Bertz CT molecular complexity index is 1010. The number of ether oxygens (including phenoxy) is 1. The maximum Gasteiger partial charge on any atom is 0.417 e. The van der Waals surface area contributed by atoms with Crippen molar-refractivity contribution in [2.24, 2.45) is 0 Å². The number of rotatable bonds is 4. The number of halogens is 3. The zero-order valence-corrected chi connectivity index (χ0v) is 15.0. The number of nitrogens with zero attached hydrogens (tertiary/aromatic N) is 3. The molecule has 3 rings (SSSR count). The molecule has 3 aromatic rings. The van der Waals surface area contributed by atoms with E-state index >= 15 is 0 Å². The van der Waals surface area contributed by atoms with Gasteiger partial charge in [-0.15, -0.1) is 21.5 Å². The molecule has 1 aromatic carbocycles. The lowest BCUT2D eigenvalue weighted by molar-refractivity contribution is -0.138. The van der Waals surface area contributed by atoms with E-state index < -0.39 is 29.2 Å². The number of carbonyl (C=O) groups is 2. The molecule has 144 valence electrons. The van der Waals surface area contributed by atoms with E-state index in [1.54, 1.807) is 5.38 Å². The molecule has 0 saturated carbocycles. The number of amides is 1. The second kappa shape index (κ2) is 7.72. The van der Waals surface area contributed by atoms with Crippen molar-refractivity contribution in [3.63, 3.8) is 0 Å². The van der Waals surface area contributed by atoms with E-state index in [0.29, 0.717) is 0 Å². The van der Waals surface area contributed by atoms with Crippen LogP contribution in [0.2, 0.25) is 0 Å². The average molecular weight is 408 g/mol. The normalized spacial score (nSPS) is 11.1. The van der Waals surface area contributed by atoms with E-state index in [9.17, 15) is 22.8 Å². The second-order valence-electron chi connectivity index (χ2n) is 5.38. The molecule has 2 aromatic heterocycles. The predicted octanol–water partition coefficient (Wildman–Crippen LogP) is 3.66. The highest BCUT2D eigenvalue weighted by molar-refractivity contribution is 7.07. The SMILES string of the molecule is COC(=O)c1cc(-c2ccc(NC(=O)c3cscn3)nn2)ccc1C(F)(F)F. The van der Waals surface area contributed by atoms with Crippen molar-refractivity contribution in [1.29, 1.82) is 0 Å². The van der Waals surface area contributed by atoms with E-state index in [1.807, 2.05) is 0 Å². The highest BCUT2D eigenvalue weighted by Crippen LogP contribution is 2.34. The van der Waals surface area contributed by atoms with Crippen LogP contribution in [0.3, 0.4) is 0 Å². The highest BCUT2D eigenvalue weighted by atomic mass is 32.1. The summed E-state index contributed by atoms with van der Waals surface area (Å²) in [6, 6.07) is 5.87. The van der Waals surface area contributed by atoms with Crippen LogP contribution in [0.25, 0.3) is 11.3 Å². The zero-order chi connectivity index (χ0) is 20.3. The summed E-state index contributed by atoms with van der Waals surface area (Å²) in [5, 5.41) is 11.8. The number of thiazole rings is 1. The minimum atomic E-state index is -4.71. The molecule has 0 radical (unpaired) electrons. The largest absolute Gasteiger partial charge is 0.465 e. The number of benzene rings is 1. The average Bonchev–Trinajstić information content (AvgIpc) is 3.22. The van der Waals surface area contributed by atoms with Crippen molar-refractivity contribution in [2.75, 3.05) is 12.4 Å². The summed E-state index contributed by atoms with van der Waals surface area (Å²) in [7, 11) is 0.995. The third kappa shape index (κ3) is 4.14. The number of anilines is 1. The fraction of sp³-hybridized carbons (Fsp3) is 0.118. The van der Waals surface area contributed by atoms with E-state index in [4.69, 9.17) is 0 Å². The first-order valence-corrected chi connectivity index (χ1v) is 8.57. The van der Waals surface area contributed by atoms with Crippen LogP contribution in [0, 0.1) is 0 Å². The molecule has 0 bridgehead atoms. The summed E-state index contributed by atoms with van der Waals surface area (Å²) >= 11 is 1.26.